The van der Waals surface area contributed by atoms with Gasteiger partial charge in [0.1, 0.15) is 6.04 Å². The van der Waals surface area contributed by atoms with Crippen LogP contribution in [0.2, 0.25) is 0 Å². The molecule has 0 aromatic heterocycles. The lowest BCUT2D eigenvalue weighted by molar-refractivity contribution is -0.142. The fourth-order valence-corrected chi connectivity index (χ4v) is 2.48. The van der Waals surface area contributed by atoms with Gasteiger partial charge in [-0.15, -0.1) is 0 Å². The third kappa shape index (κ3) is 1.66. The molecule has 0 fully saturated rings. The summed E-state index contributed by atoms with van der Waals surface area (Å²) in [5.74, 6) is -0.142. The number of rotatable bonds is 1. The molecule has 1 unspecified atom stereocenters. The van der Waals surface area contributed by atoms with E-state index < -0.39 is 0 Å². The van der Waals surface area contributed by atoms with Crippen molar-refractivity contribution in [2.45, 2.75) is 25.8 Å². The Morgan fingerprint density at radius 1 is 1.50 bits per heavy atom. The Kier molecular flexibility index (Phi) is 2.86. The van der Waals surface area contributed by atoms with Gasteiger partial charge in [0, 0.05) is 12.7 Å². The highest BCUT2D eigenvalue weighted by Gasteiger charge is 2.30. The number of carbonyl (C=O) groups is 1. The molecule has 0 amide bonds. The number of likely N-dealkylation sites (N-methyl/N-ethyl adjacent to an activating group) is 1. The molecule has 0 saturated heterocycles. The Labute approximate surface area is 96.0 Å². The smallest absolute Gasteiger partial charge is 0.328 e. The summed E-state index contributed by atoms with van der Waals surface area (Å²) in [4.78, 5) is 13.7. The maximum absolute atomic E-state index is 11.6. The second-order valence-electron chi connectivity index (χ2n) is 4.27. The van der Waals surface area contributed by atoms with Gasteiger partial charge in [0.25, 0.3) is 0 Å². The molecular weight excluding hydrogens is 202 g/mol. The lowest BCUT2D eigenvalue weighted by Gasteiger charge is -2.35. The number of para-hydroxylation sites is 1. The first kappa shape index (κ1) is 11.0. The molecule has 0 radical (unpaired) electrons. The molecule has 1 aromatic rings. The van der Waals surface area contributed by atoms with Crippen LogP contribution < -0.4 is 4.90 Å². The highest BCUT2D eigenvalue weighted by molar-refractivity contribution is 5.82. The predicted octanol–water partition coefficient (Wildman–Crippen LogP) is 1.92. The van der Waals surface area contributed by atoms with E-state index in [9.17, 15) is 4.79 Å². The number of carbonyl (C=O) groups excluding carboxylic acids is 1. The third-order valence-electron chi connectivity index (χ3n) is 3.30. The number of fused-ring (bicyclic) bond motifs is 1. The maximum atomic E-state index is 11.6. The lowest BCUT2D eigenvalue weighted by atomic mass is 9.94. The van der Waals surface area contributed by atoms with Gasteiger partial charge in [-0.2, -0.15) is 0 Å². The van der Waals surface area contributed by atoms with Crippen LogP contribution in [-0.4, -0.2) is 26.2 Å². The molecule has 3 nitrogen and oxygen atoms in total. The molecule has 2 rings (SSSR count). The number of hydrogen-bond acceptors (Lipinski definition) is 3. The van der Waals surface area contributed by atoms with Crippen LogP contribution in [0.3, 0.4) is 0 Å². The molecule has 0 saturated carbocycles. The van der Waals surface area contributed by atoms with E-state index in [-0.39, 0.29) is 12.0 Å². The van der Waals surface area contributed by atoms with Gasteiger partial charge in [-0.25, -0.2) is 4.79 Å². The van der Waals surface area contributed by atoms with Crippen molar-refractivity contribution in [3.05, 3.63) is 29.3 Å². The Morgan fingerprint density at radius 3 is 2.94 bits per heavy atom. The van der Waals surface area contributed by atoms with E-state index in [4.69, 9.17) is 4.74 Å². The molecule has 1 aliphatic heterocycles. The van der Waals surface area contributed by atoms with E-state index in [1.807, 2.05) is 11.9 Å². The van der Waals surface area contributed by atoms with Gasteiger partial charge in [0.15, 0.2) is 0 Å². The van der Waals surface area contributed by atoms with Crippen molar-refractivity contribution < 1.29 is 9.53 Å². The van der Waals surface area contributed by atoms with E-state index in [2.05, 4.69) is 25.1 Å². The normalized spacial score (nSPS) is 19.2. The minimum atomic E-state index is -0.142. The van der Waals surface area contributed by atoms with Gasteiger partial charge in [-0.1, -0.05) is 18.2 Å². The van der Waals surface area contributed by atoms with E-state index in [0.29, 0.717) is 0 Å². The number of aryl methyl sites for hydroxylation is 2. The minimum absolute atomic E-state index is 0.140. The molecule has 1 atom stereocenters. The van der Waals surface area contributed by atoms with Crippen molar-refractivity contribution in [3.63, 3.8) is 0 Å². The summed E-state index contributed by atoms with van der Waals surface area (Å²) in [5.41, 5.74) is 3.72. The van der Waals surface area contributed by atoms with E-state index in [1.54, 1.807) is 0 Å². The molecule has 0 aliphatic carbocycles. The molecule has 3 heteroatoms. The molecule has 86 valence electrons. The summed E-state index contributed by atoms with van der Waals surface area (Å²) in [6.45, 7) is 2.08. The molecule has 1 heterocycles. The molecule has 1 aliphatic rings. The van der Waals surface area contributed by atoms with E-state index in [0.717, 1.165) is 12.8 Å². The van der Waals surface area contributed by atoms with E-state index >= 15 is 0 Å². The van der Waals surface area contributed by atoms with Crippen LogP contribution in [0.15, 0.2) is 18.2 Å². The summed E-state index contributed by atoms with van der Waals surface area (Å²) < 4.78 is 4.83. The quantitative estimate of drug-likeness (QED) is 0.676. The molecule has 1 aromatic carbocycles. The van der Waals surface area contributed by atoms with Crippen LogP contribution in [0.1, 0.15) is 17.5 Å². The second-order valence-corrected chi connectivity index (χ2v) is 4.27. The van der Waals surface area contributed by atoms with Crippen molar-refractivity contribution in [1.29, 1.82) is 0 Å². The van der Waals surface area contributed by atoms with E-state index in [1.165, 1.54) is 23.9 Å². The zero-order valence-electron chi connectivity index (χ0n) is 9.99. The zero-order valence-corrected chi connectivity index (χ0v) is 9.99. The number of methoxy groups -OCH3 is 1. The van der Waals surface area contributed by atoms with Crippen LogP contribution in [0, 0.1) is 6.92 Å². The van der Waals surface area contributed by atoms with Gasteiger partial charge < -0.3 is 9.64 Å². The molecule has 0 N–H and O–H groups in total. The number of anilines is 1. The summed E-state index contributed by atoms with van der Waals surface area (Å²) >= 11 is 0. The second kappa shape index (κ2) is 4.16. The highest BCUT2D eigenvalue weighted by Crippen LogP contribution is 2.32. The lowest BCUT2D eigenvalue weighted by Crippen LogP contribution is -2.43. The highest BCUT2D eigenvalue weighted by atomic mass is 16.5. The molecule has 16 heavy (non-hydrogen) atoms. The van der Waals surface area contributed by atoms with Crippen LogP contribution in [0.25, 0.3) is 0 Å². The first-order valence-corrected chi connectivity index (χ1v) is 5.54. The topological polar surface area (TPSA) is 29.5 Å². The fourth-order valence-electron chi connectivity index (χ4n) is 2.48. The molecule has 0 spiro atoms. The minimum Gasteiger partial charge on any atom is -0.467 e. The zero-order chi connectivity index (χ0) is 11.7. The molecular formula is C13H17NO2. The van der Waals surface area contributed by atoms with Crippen molar-refractivity contribution in [1.82, 2.24) is 0 Å². The van der Waals surface area contributed by atoms with Crippen molar-refractivity contribution in [2.24, 2.45) is 0 Å². The average Bonchev–Trinajstić information content (AvgIpc) is 2.28. The van der Waals surface area contributed by atoms with Crippen LogP contribution >= 0.6 is 0 Å². The van der Waals surface area contributed by atoms with Crippen molar-refractivity contribution >= 4 is 11.7 Å². The SMILES string of the molecule is COC(=O)C1CCc2cccc(C)c2N1C. The van der Waals surface area contributed by atoms with Crippen LogP contribution in [0.4, 0.5) is 5.69 Å². The Balaban J connectivity index is 2.38. The fraction of sp³-hybridized carbons (Fsp3) is 0.462. The summed E-state index contributed by atoms with van der Waals surface area (Å²) in [6, 6.07) is 6.14. The monoisotopic (exact) mass is 219 g/mol. The number of esters is 1. The summed E-state index contributed by atoms with van der Waals surface area (Å²) in [6.07, 6.45) is 1.78. The number of hydrogen-bond donors (Lipinski definition) is 0. The predicted molar refractivity (Wildman–Crippen MR) is 63.7 cm³/mol. The van der Waals surface area contributed by atoms with Crippen molar-refractivity contribution in [2.75, 3.05) is 19.1 Å². The average molecular weight is 219 g/mol. The number of ether oxygens (including phenoxy) is 1. The number of benzene rings is 1. The maximum Gasteiger partial charge on any atom is 0.328 e. The number of nitrogens with zero attached hydrogens (tertiary/aromatic N) is 1. The third-order valence-corrected chi connectivity index (χ3v) is 3.30. The largest absolute Gasteiger partial charge is 0.467 e. The van der Waals surface area contributed by atoms with Gasteiger partial charge in [-0.3, -0.25) is 0 Å². The van der Waals surface area contributed by atoms with Crippen LogP contribution in [-0.2, 0) is 16.0 Å². The first-order chi connectivity index (χ1) is 7.65. The van der Waals surface area contributed by atoms with Gasteiger partial charge in [0.05, 0.1) is 7.11 Å². The standard InChI is InChI=1S/C13H17NO2/c1-9-5-4-6-10-7-8-11(13(15)16-3)14(2)12(9)10/h4-6,11H,7-8H2,1-3H3. The molecule has 0 bridgehead atoms. The summed E-state index contributed by atoms with van der Waals surface area (Å²) in [7, 11) is 3.41. The van der Waals surface area contributed by atoms with Gasteiger partial charge >= 0.3 is 5.97 Å². The summed E-state index contributed by atoms with van der Waals surface area (Å²) in [5, 5.41) is 0. The first-order valence-electron chi connectivity index (χ1n) is 5.54. The Morgan fingerprint density at radius 2 is 2.25 bits per heavy atom. The Hall–Kier alpha value is -1.51. The van der Waals surface area contributed by atoms with Crippen LogP contribution in [0.5, 0.6) is 0 Å². The van der Waals surface area contributed by atoms with Gasteiger partial charge in [0.2, 0.25) is 0 Å². The van der Waals surface area contributed by atoms with Crippen molar-refractivity contribution in [3.8, 4) is 0 Å². The Bertz CT molecular complexity index is 414. The van der Waals surface area contributed by atoms with Gasteiger partial charge in [-0.05, 0) is 30.9 Å².